The molecule has 1 atom stereocenters. The van der Waals surface area contributed by atoms with Crippen LogP contribution in [0.25, 0.3) is 10.6 Å². The van der Waals surface area contributed by atoms with Gasteiger partial charge in [-0.25, -0.2) is 4.98 Å². The summed E-state index contributed by atoms with van der Waals surface area (Å²) in [6.45, 7) is 1.99. The van der Waals surface area contributed by atoms with Crippen molar-refractivity contribution in [2.24, 2.45) is 0 Å². The van der Waals surface area contributed by atoms with E-state index in [1.165, 1.54) is 21.6 Å². The van der Waals surface area contributed by atoms with Crippen LogP contribution in [0.15, 0.2) is 47.3 Å². The third-order valence-corrected chi connectivity index (χ3v) is 6.09. The monoisotopic (exact) mass is 342 g/mol. The number of nitrogens with zero attached hydrogens (tertiary/aromatic N) is 2. The van der Waals surface area contributed by atoms with Gasteiger partial charge in [0.25, 0.3) is 0 Å². The predicted octanol–water partition coefficient (Wildman–Crippen LogP) is 3.96. The van der Waals surface area contributed by atoms with Gasteiger partial charge in [0.2, 0.25) is 0 Å². The first-order chi connectivity index (χ1) is 11.3. The van der Waals surface area contributed by atoms with Gasteiger partial charge in [0.1, 0.15) is 5.01 Å². The molecule has 1 unspecified atom stereocenters. The Morgan fingerprint density at radius 1 is 1.26 bits per heavy atom. The second-order valence-electron chi connectivity index (χ2n) is 5.76. The number of rotatable bonds is 4. The zero-order chi connectivity index (χ0) is 15.6. The molecular formula is C18H18N2OS2. The van der Waals surface area contributed by atoms with Crippen molar-refractivity contribution in [3.05, 3.63) is 63.3 Å². The molecular weight excluding hydrogens is 324 g/mol. The van der Waals surface area contributed by atoms with Crippen LogP contribution in [0, 0.1) is 0 Å². The van der Waals surface area contributed by atoms with Gasteiger partial charge in [0.15, 0.2) is 0 Å². The third-order valence-electron chi connectivity index (χ3n) is 4.38. The molecule has 3 heterocycles. The van der Waals surface area contributed by atoms with Crippen molar-refractivity contribution in [2.45, 2.75) is 19.0 Å². The first-order valence-corrected chi connectivity index (χ1v) is 9.51. The fourth-order valence-electron chi connectivity index (χ4n) is 3.21. The summed E-state index contributed by atoms with van der Waals surface area (Å²) in [5, 5.41) is 15.2. The third kappa shape index (κ3) is 2.97. The van der Waals surface area contributed by atoms with Crippen LogP contribution in [0.2, 0.25) is 0 Å². The van der Waals surface area contributed by atoms with Crippen LogP contribution >= 0.6 is 22.7 Å². The van der Waals surface area contributed by atoms with E-state index < -0.39 is 0 Å². The average molecular weight is 342 g/mol. The smallest absolute Gasteiger partial charge is 0.124 e. The molecule has 5 heteroatoms. The lowest BCUT2D eigenvalue weighted by Crippen LogP contribution is -2.36. The van der Waals surface area contributed by atoms with Crippen LogP contribution in [0.5, 0.6) is 0 Å². The second kappa shape index (κ2) is 6.53. The van der Waals surface area contributed by atoms with E-state index in [9.17, 15) is 5.11 Å². The normalized spacial score (nSPS) is 18.0. The summed E-state index contributed by atoms with van der Waals surface area (Å²) in [4.78, 5) is 8.18. The summed E-state index contributed by atoms with van der Waals surface area (Å²) >= 11 is 3.45. The molecule has 4 rings (SSSR count). The molecule has 118 valence electrons. The van der Waals surface area contributed by atoms with Gasteiger partial charge in [-0.3, -0.25) is 4.90 Å². The zero-order valence-corrected chi connectivity index (χ0v) is 14.3. The topological polar surface area (TPSA) is 36.4 Å². The molecule has 3 nitrogen and oxygen atoms in total. The Morgan fingerprint density at radius 3 is 3.00 bits per heavy atom. The highest BCUT2D eigenvalue weighted by Gasteiger charge is 2.26. The number of fused-ring (bicyclic) bond motifs is 1. The summed E-state index contributed by atoms with van der Waals surface area (Å²) in [5.74, 6) is 0. The predicted molar refractivity (Wildman–Crippen MR) is 95.8 cm³/mol. The van der Waals surface area contributed by atoms with E-state index in [-0.39, 0.29) is 12.6 Å². The molecule has 0 spiro atoms. The minimum absolute atomic E-state index is 0.0895. The van der Waals surface area contributed by atoms with E-state index >= 15 is 0 Å². The molecule has 0 bridgehead atoms. The van der Waals surface area contributed by atoms with Crippen LogP contribution < -0.4 is 0 Å². The van der Waals surface area contributed by atoms with Crippen LogP contribution in [0.3, 0.4) is 0 Å². The van der Waals surface area contributed by atoms with E-state index in [2.05, 4.69) is 51.0 Å². The lowest BCUT2D eigenvalue weighted by molar-refractivity contribution is 0.109. The molecule has 0 radical (unpaired) electrons. The Balaban J connectivity index is 1.55. The lowest BCUT2D eigenvalue weighted by atomic mass is 9.93. The second-order valence-corrected chi connectivity index (χ2v) is 7.66. The van der Waals surface area contributed by atoms with Gasteiger partial charge < -0.3 is 5.11 Å². The number of aliphatic hydroxyl groups is 1. The Morgan fingerprint density at radius 2 is 2.17 bits per heavy atom. The highest BCUT2D eigenvalue weighted by Crippen LogP contribution is 2.33. The lowest BCUT2D eigenvalue weighted by Gasteiger charge is -2.36. The van der Waals surface area contributed by atoms with Crippen molar-refractivity contribution in [1.82, 2.24) is 9.88 Å². The van der Waals surface area contributed by atoms with Gasteiger partial charge in [-0.2, -0.15) is 11.3 Å². The Labute approximate surface area is 143 Å². The molecule has 0 fully saturated rings. The minimum atomic E-state index is 0.0895. The molecule has 0 saturated carbocycles. The maximum atomic E-state index is 9.89. The van der Waals surface area contributed by atoms with Gasteiger partial charge in [-0.1, -0.05) is 24.3 Å². The fraction of sp³-hybridized carbons (Fsp3) is 0.278. The number of benzene rings is 1. The van der Waals surface area contributed by atoms with Crippen LogP contribution in [0.4, 0.5) is 0 Å². The maximum absolute atomic E-state index is 9.89. The summed E-state index contributed by atoms with van der Waals surface area (Å²) in [7, 11) is 0. The Bertz CT molecular complexity index is 782. The van der Waals surface area contributed by atoms with Crippen molar-refractivity contribution < 1.29 is 5.11 Å². The number of hydrogen-bond acceptors (Lipinski definition) is 5. The summed E-state index contributed by atoms with van der Waals surface area (Å²) < 4.78 is 0. The number of aliphatic hydroxyl groups excluding tert-OH is 1. The first kappa shape index (κ1) is 15.0. The highest BCUT2D eigenvalue weighted by atomic mass is 32.1. The first-order valence-electron chi connectivity index (χ1n) is 7.75. The molecule has 1 N–H and O–H groups in total. The minimum Gasteiger partial charge on any atom is -0.394 e. The molecule has 2 aromatic heterocycles. The van der Waals surface area contributed by atoms with Crippen molar-refractivity contribution in [1.29, 1.82) is 0 Å². The van der Waals surface area contributed by atoms with E-state index in [1.54, 1.807) is 22.7 Å². The number of thiazole rings is 1. The summed E-state index contributed by atoms with van der Waals surface area (Å²) in [5.41, 5.74) is 3.84. The van der Waals surface area contributed by atoms with Crippen molar-refractivity contribution in [3.8, 4) is 10.6 Å². The standard InChI is InChI=1S/C18H18N2OS2/c21-11-17-16-4-2-1-3-13(16)5-7-20(17)10-15-9-19-18(23-15)14-6-8-22-12-14/h1-4,6,8-9,12,17,21H,5,7,10-11H2. The van der Waals surface area contributed by atoms with E-state index in [4.69, 9.17) is 0 Å². The molecule has 23 heavy (non-hydrogen) atoms. The van der Waals surface area contributed by atoms with E-state index in [0.29, 0.717) is 0 Å². The van der Waals surface area contributed by atoms with Crippen LogP contribution in [-0.2, 0) is 13.0 Å². The summed E-state index contributed by atoms with van der Waals surface area (Å²) in [6.07, 6.45) is 3.02. The van der Waals surface area contributed by atoms with Crippen molar-refractivity contribution >= 4 is 22.7 Å². The molecule has 0 saturated heterocycles. The van der Waals surface area contributed by atoms with Crippen molar-refractivity contribution in [3.63, 3.8) is 0 Å². The van der Waals surface area contributed by atoms with Gasteiger partial charge >= 0.3 is 0 Å². The van der Waals surface area contributed by atoms with Gasteiger partial charge in [-0.15, -0.1) is 11.3 Å². The van der Waals surface area contributed by atoms with Gasteiger partial charge in [0, 0.05) is 35.1 Å². The Kier molecular flexibility index (Phi) is 4.27. The SMILES string of the molecule is OCC1c2ccccc2CCN1Cc1cnc(-c2ccsc2)s1. The van der Waals surface area contributed by atoms with Gasteiger partial charge in [0.05, 0.1) is 12.6 Å². The number of aromatic nitrogens is 1. The van der Waals surface area contributed by atoms with E-state index in [1.807, 2.05) is 6.20 Å². The molecule has 0 amide bonds. The van der Waals surface area contributed by atoms with Gasteiger partial charge in [-0.05, 0) is 29.0 Å². The molecule has 0 aliphatic carbocycles. The number of hydrogen-bond donors (Lipinski definition) is 1. The molecule has 1 aliphatic rings. The quantitative estimate of drug-likeness (QED) is 0.779. The fourth-order valence-corrected chi connectivity index (χ4v) is 4.86. The van der Waals surface area contributed by atoms with Crippen LogP contribution in [0.1, 0.15) is 22.0 Å². The Hall–Kier alpha value is -1.53. The zero-order valence-electron chi connectivity index (χ0n) is 12.7. The summed E-state index contributed by atoms with van der Waals surface area (Å²) in [6, 6.07) is 10.7. The number of thiophene rings is 1. The molecule has 1 aromatic carbocycles. The highest BCUT2D eigenvalue weighted by molar-refractivity contribution is 7.15. The van der Waals surface area contributed by atoms with E-state index in [0.717, 1.165) is 24.5 Å². The maximum Gasteiger partial charge on any atom is 0.124 e. The van der Waals surface area contributed by atoms with Crippen molar-refractivity contribution in [2.75, 3.05) is 13.2 Å². The molecule has 1 aliphatic heterocycles. The van der Waals surface area contributed by atoms with Crippen LogP contribution in [-0.4, -0.2) is 28.1 Å². The average Bonchev–Trinajstić information content (AvgIpc) is 3.26. The molecule has 3 aromatic rings. The largest absolute Gasteiger partial charge is 0.394 e.